The maximum atomic E-state index is 12.3. The standard InChI is InChI=1S/C114H98O19/c115-113(116)96-57-97(114(117)118)59-112(58-96)119-42-41-89-43-98(128-75-94-53-108(130-77-90-45-100(120-67-81-25-9-1-10-26-81)61-101(46-90)121-68-82-27-11-2-12-28-82)65-109(54-94)131-78-91-47-102(122-69-83-29-13-3-14-30-83)62-103(48-91)123-70-84-31-15-4-16-32-84)60-99(44-89)129-76-95-55-110(132-79-92-49-104(124-71-85-33-17-5-18-34-85)63-105(50-92)125-72-86-35-19-6-20-36-86)66-111(56-95)133-80-93-51-106(126-73-87-37-21-7-22-38-87)64-107(52-93)127-74-88-39-23-8-24-40-88/h1-40,43-66H,41-42,67-80H2,(H,115,116)(H,117,118). The van der Waals surface area contributed by atoms with Gasteiger partial charge in [-0.1, -0.05) is 243 Å². The molecule has 0 bridgehead atoms. The maximum Gasteiger partial charge on any atom is 0.335 e. The smallest absolute Gasteiger partial charge is 0.335 e. The van der Waals surface area contributed by atoms with Gasteiger partial charge >= 0.3 is 11.9 Å². The lowest BCUT2D eigenvalue weighted by atomic mass is 10.1. The van der Waals surface area contributed by atoms with Gasteiger partial charge in [0.1, 0.15) is 179 Å². The highest BCUT2D eigenvalue weighted by atomic mass is 16.5. The second-order valence-corrected chi connectivity index (χ2v) is 31.6. The number of rotatable bonds is 48. The van der Waals surface area contributed by atoms with E-state index in [4.69, 9.17) is 71.1 Å². The van der Waals surface area contributed by atoms with Crippen molar-refractivity contribution >= 4 is 11.9 Å². The number of carboxylic acids is 2. The van der Waals surface area contributed by atoms with Gasteiger partial charge in [0, 0.05) is 48.9 Å². The van der Waals surface area contributed by atoms with Gasteiger partial charge in [0.25, 0.3) is 0 Å². The minimum Gasteiger partial charge on any atom is -0.493 e. The lowest BCUT2D eigenvalue weighted by Crippen LogP contribution is -2.07. The van der Waals surface area contributed by atoms with E-state index >= 15 is 0 Å². The molecule has 0 aliphatic carbocycles. The van der Waals surface area contributed by atoms with Gasteiger partial charge in [0.05, 0.1) is 17.7 Å². The summed E-state index contributed by atoms with van der Waals surface area (Å²) < 4.78 is 98.7. The molecule has 16 aromatic rings. The first kappa shape index (κ1) is 89.8. The molecule has 133 heavy (non-hydrogen) atoms. The van der Waals surface area contributed by atoms with Gasteiger partial charge in [-0.15, -0.1) is 0 Å². The predicted octanol–water partition coefficient (Wildman–Crippen LogP) is 24.8. The van der Waals surface area contributed by atoms with E-state index in [0.29, 0.717) is 150 Å². The molecule has 0 saturated heterocycles. The van der Waals surface area contributed by atoms with E-state index in [9.17, 15) is 19.8 Å². The Bertz CT molecular complexity index is 5490. The van der Waals surface area contributed by atoms with Crippen LogP contribution in [-0.2, 0) is 98.9 Å². The fourth-order valence-electron chi connectivity index (χ4n) is 14.4. The molecule has 0 aliphatic heterocycles. The second-order valence-electron chi connectivity index (χ2n) is 31.6. The van der Waals surface area contributed by atoms with E-state index < -0.39 is 11.9 Å². The normalized spacial score (nSPS) is 10.9. The van der Waals surface area contributed by atoms with E-state index in [1.165, 1.54) is 12.1 Å². The first-order valence-electron chi connectivity index (χ1n) is 43.7. The fraction of sp³-hybridized carbons (Fsp3) is 0.140. The summed E-state index contributed by atoms with van der Waals surface area (Å²) in [6.45, 7) is 2.96. The highest BCUT2D eigenvalue weighted by molar-refractivity contribution is 5.94. The van der Waals surface area contributed by atoms with Crippen molar-refractivity contribution in [2.75, 3.05) is 6.61 Å². The zero-order valence-electron chi connectivity index (χ0n) is 73.1. The summed E-state index contributed by atoms with van der Waals surface area (Å²) in [7, 11) is 0. The predicted molar refractivity (Wildman–Crippen MR) is 507 cm³/mol. The molecule has 0 fully saturated rings. The largest absolute Gasteiger partial charge is 0.493 e. The lowest BCUT2D eigenvalue weighted by molar-refractivity contribution is 0.0696. The van der Waals surface area contributed by atoms with E-state index in [2.05, 4.69) is 0 Å². The molecule has 668 valence electrons. The van der Waals surface area contributed by atoms with Gasteiger partial charge in [-0.25, -0.2) is 9.59 Å². The first-order valence-corrected chi connectivity index (χ1v) is 43.7. The van der Waals surface area contributed by atoms with Crippen molar-refractivity contribution in [3.05, 3.63) is 483 Å². The van der Waals surface area contributed by atoms with Crippen molar-refractivity contribution in [2.45, 2.75) is 98.9 Å². The highest BCUT2D eigenvalue weighted by Gasteiger charge is 2.19. The number of hydrogen-bond acceptors (Lipinski definition) is 17. The van der Waals surface area contributed by atoms with Gasteiger partial charge in [0.15, 0.2) is 0 Å². The summed E-state index contributed by atoms with van der Waals surface area (Å²) in [5.41, 5.74) is 12.7. The molecule has 0 spiro atoms. The Morgan fingerprint density at radius 3 is 0.436 bits per heavy atom. The summed E-state index contributed by atoms with van der Waals surface area (Å²) in [5.74, 6) is 4.86. The third-order valence-electron chi connectivity index (χ3n) is 21.1. The van der Waals surface area contributed by atoms with Crippen LogP contribution < -0.4 is 71.1 Å². The van der Waals surface area contributed by atoms with Crippen LogP contribution in [0.3, 0.4) is 0 Å². The van der Waals surface area contributed by atoms with Crippen molar-refractivity contribution in [3.8, 4) is 86.2 Å². The molecular weight excluding hydrogens is 1670 g/mol. The van der Waals surface area contributed by atoms with Gasteiger partial charge in [-0.05, 0) is 187 Å². The molecule has 0 heterocycles. The Kier molecular flexibility index (Phi) is 31.4. The minimum absolute atomic E-state index is 0.0119. The van der Waals surface area contributed by atoms with Crippen molar-refractivity contribution in [1.29, 1.82) is 0 Å². The quantitative estimate of drug-likeness (QED) is 0.0363. The van der Waals surface area contributed by atoms with Gasteiger partial charge in [-0.3, -0.25) is 0 Å². The molecule has 0 atom stereocenters. The van der Waals surface area contributed by atoms with E-state index in [0.717, 1.165) is 72.8 Å². The molecule has 16 rings (SSSR count). The number of carbonyl (C=O) groups is 2. The molecule has 16 aromatic carbocycles. The zero-order chi connectivity index (χ0) is 90.8. The Hall–Kier alpha value is -16.5. The fourth-order valence-corrected chi connectivity index (χ4v) is 14.4. The number of hydrogen-bond donors (Lipinski definition) is 2. The van der Waals surface area contributed by atoms with Crippen molar-refractivity contribution in [3.63, 3.8) is 0 Å². The third-order valence-corrected chi connectivity index (χ3v) is 21.1. The lowest BCUT2D eigenvalue weighted by Gasteiger charge is -2.17. The monoisotopic (exact) mass is 1770 g/mol. The van der Waals surface area contributed by atoms with Crippen molar-refractivity contribution < 1.29 is 90.9 Å². The van der Waals surface area contributed by atoms with Crippen LogP contribution in [0.25, 0.3) is 0 Å². The van der Waals surface area contributed by atoms with Gasteiger partial charge in [0.2, 0.25) is 0 Å². The summed E-state index contributed by atoms with van der Waals surface area (Å²) in [5, 5.41) is 20.0. The Morgan fingerprint density at radius 1 is 0.150 bits per heavy atom. The summed E-state index contributed by atoms with van der Waals surface area (Å²) in [6.07, 6.45) is 0.222. The van der Waals surface area contributed by atoms with Crippen LogP contribution in [0.2, 0.25) is 0 Å². The van der Waals surface area contributed by atoms with Crippen LogP contribution in [0.1, 0.15) is 104 Å². The molecule has 0 radical (unpaired) electrons. The molecular formula is C114H98O19. The Labute approximate surface area is 772 Å². The van der Waals surface area contributed by atoms with Gasteiger partial charge < -0.3 is 81.3 Å². The van der Waals surface area contributed by atoms with Crippen LogP contribution >= 0.6 is 0 Å². The molecule has 19 nitrogen and oxygen atoms in total. The molecule has 0 unspecified atom stereocenters. The molecule has 0 aromatic heterocycles. The van der Waals surface area contributed by atoms with Crippen molar-refractivity contribution in [1.82, 2.24) is 0 Å². The number of carboxylic acid groups (broad SMARTS) is 2. The average Bonchev–Trinajstić information content (AvgIpc) is 0.835. The van der Waals surface area contributed by atoms with Crippen LogP contribution in [0, 0.1) is 0 Å². The van der Waals surface area contributed by atoms with Gasteiger partial charge in [-0.2, -0.15) is 0 Å². The van der Waals surface area contributed by atoms with Crippen LogP contribution in [0.4, 0.5) is 0 Å². The first-order chi connectivity index (χ1) is 65.4. The number of ether oxygens (including phenoxy) is 15. The maximum absolute atomic E-state index is 12.3. The summed E-state index contributed by atoms with van der Waals surface area (Å²) >= 11 is 0. The number of aromatic carboxylic acids is 2. The molecule has 0 amide bonds. The van der Waals surface area contributed by atoms with Crippen LogP contribution in [-0.4, -0.2) is 28.8 Å². The number of benzene rings is 16. The molecule has 0 aliphatic rings. The van der Waals surface area contributed by atoms with Crippen molar-refractivity contribution in [2.24, 2.45) is 0 Å². The topological polar surface area (TPSA) is 213 Å². The summed E-state index contributed by atoms with van der Waals surface area (Å²) in [6, 6.07) is 123. The Morgan fingerprint density at radius 2 is 0.286 bits per heavy atom. The van der Waals surface area contributed by atoms with E-state index in [-0.39, 0.29) is 69.5 Å². The summed E-state index contributed by atoms with van der Waals surface area (Å²) in [4.78, 5) is 24.6. The molecule has 19 heteroatoms. The SMILES string of the molecule is O=C(O)c1cc(OCCc2cc(OCc3cc(OCc4cc(OCc5ccccc5)cc(OCc5ccccc5)c4)cc(OCc4cc(OCc5ccccc5)cc(OCc5ccccc5)c4)c3)cc(OCc3cc(OCc4cc(OCc5ccccc5)cc(OCc5ccccc5)c4)cc(OCc4cc(OCc5ccccc5)cc(OCc5ccccc5)c4)c3)c2)cc(C(=O)O)c1. The van der Waals surface area contributed by atoms with E-state index in [1.54, 1.807) is 6.07 Å². The van der Waals surface area contributed by atoms with Crippen LogP contribution in [0.5, 0.6) is 86.2 Å². The zero-order valence-corrected chi connectivity index (χ0v) is 73.1. The van der Waals surface area contributed by atoms with E-state index in [1.807, 2.05) is 364 Å². The average molecular weight is 1770 g/mol. The second kappa shape index (κ2) is 46.4. The van der Waals surface area contributed by atoms with Crippen LogP contribution in [0.15, 0.2) is 388 Å². The molecule has 0 saturated carbocycles. The minimum atomic E-state index is -1.31. The molecule has 2 N–H and O–H groups in total. The Balaban J connectivity index is 0.713. The highest BCUT2D eigenvalue weighted by Crippen LogP contribution is 2.36. The third kappa shape index (κ3) is 28.7.